The van der Waals surface area contributed by atoms with E-state index in [4.69, 9.17) is 5.73 Å². The molecule has 3 unspecified atom stereocenters. The van der Waals surface area contributed by atoms with E-state index in [1.807, 2.05) is 18.2 Å². The summed E-state index contributed by atoms with van der Waals surface area (Å²) in [6.07, 6.45) is 9.16. The molecule has 0 aliphatic rings. The second kappa shape index (κ2) is 41.8. The van der Waals surface area contributed by atoms with Gasteiger partial charge in [-0.25, -0.2) is 4.98 Å². The third kappa shape index (κ3) is 49.6. The Morgan fingerprint density at radius 2 is 1.65 bits per heavy atom. The van der Waals surface area contributed by atoms with Gasteiger partial charge in [-0.05, 0) is 113 Å². The van der Waals surface area contributed by atoms with Crippen LogP contribution < -0.4 is 32.3 Å². The molecule has 15 heteroatoms. The van der Waals surface area contributed by atoms with Crippen molar-refractivity contribution >= 4 is 72.8 Å². The molecule has 0 aliphatic carbocycles. The van der Waals surface area contributed by atoms with Gasteiger partial charge < -0.3 is 37.1 Å². The summed E-state index contributed by atoms with van der Waals surface area (Å²) >= 11 is 8.07. The third-order valence-corrected chi connectivity index (χ3v) is 8.40. The van der Waals surface area contributed by atoms with Gasteiger partial charge in [0, 0.05) is 30.5 Å². The predicted octanol–water partition coefficient (Wildman–Crippen LogP) is 6.00. The Morgan fingerprint density at radius 1 is 1.02 bits per heavy atom. The zero-order chi connectivity index (χ0) is 38.3. The zero-order valence-electron chi connectivity index (χ0n) is 31.8. The molecule has 1 rings (SSSR count). The predicted molar refractivity (Wildman–Crippen MR) is 228 cm³/mol. The standard InChI is InChI=1S/C12H26N2OS2.C10H21NO.C5H5NS2.C4H12NP.C3H8N2O/c1-4-7-13-11(6-9-17-16)12(15)14-8-5-10(2)3;1-9(2)5-7-11-10(3,4)6-8-12;7-8-5-3-1-2-4-6-5;1-4(6)2-3-5;1-4-2-5-3-6/h10-11,13,16H,4-9H2,1-3H3,(H,14,15);8-9,11H,5-7H2,1-4H3;1-4,7H;4H,2-3,5-6H2,1H3;3-4H,2H2,1H3,(H,5,6). The van der Waals surface area contributed by atoms with Crippen LogP contribution in [-0.2, 0) is 14.4 Å². The summed E-state index contributed by atoms with van der Waals surface area (Å²) in [6.45, 7) is 21.1. The quantitative estimate of drug-likeness (QED) is 0.0176. The molecule has 10 nitrogen and oxygen atoms in total. The number of aromatic nitrogens is 1. The average Bonchev–Trinajstić information content (AvgIpc) is 3.05. The van der Waals surface area contributed by atoms with Crippen molar-refractivity contribution in [3.63, 3.8) is 0 Å². The van der Waals surface area contributed by atoms with Crippen LogP contribution in [-0.4, -0.2) is 86.5 Å². The highest BCUT2D eigenvalue weighted by Crippen LogP contribution is 2.16. The van der Waals surface area contributed by atoms with Gasteiger partial charge in [-0.1, -0.05) is 58.4 Å². The maximum atomic E-state index is 11.9. The number of amides is 2. The molecular weight excluding hydrogens is 714 g/mol. The van der Waals surface area contributed by atoms with Crippen LogP contribution in [0.5, 0.6) is 0 Å². The first-order valence-electron chi connectivity index (χ1n) is 17.2. The summed E-state index contributed by atoms with van der Waals surface area (Å²) in [5.74, 6) is 2.37. The summed E-state index contributed by atoms with van der Waals surface area (Å²) < 4.78 is 0. The number of nitrogens with zero attached hydrogens (tertiary/aromatic N) is 1. The molecule has 7 N–H and O–H groups in total. The van der Waals surface area contributed by atoms with E-state index in [-0.39, 0.29) is 17.5 Å². The molecule has 0 aromatic carbocycles. The number of hydrogen-bond acceptors (Lipinski definition) is 12. The van der Waals surface area contributed by atoms with E-state index >= 15 is 0 Å². The van der Waals surface area contributed by atoms with Gasteiger partial charge in [0.2, 0.25) is 12.3 Å². The monoisotopic (exact) mass is 785 g/mol. The lowest BCUT2D eigenvalue weighted by Gasteiger charge is -2.24. The first kappa shape index (κ1) is 55.2. The zero-order valence-corrected chi connectivity index (χ0v) is 36.4. The van der Waals surface area contributed by atoms with Gasteiger partial charge in [0.1, 0.15) is 11.3 Å². The molecule has 0 fully saturated rings. The number of nitrogens with two attached hydrogens (primary N) is 1. The highest BCUT2D eigenvalue weighted by Gasteiger charge is 2.17. The van der Waals surface area contributed by atoms with Crippen LogP contribution in [0.2, 0.25) is 0 Å². The number of pyridine rings is 1. The van der Waals surface area contributed by atoms with Crippen LogP contribution in [0.3, 0.4) is 0 Å². The minimum Gasteiger partial charge on any atom is -0.355 e. The fraction of sp³-hybridized carbons (Fsp3) is 0.765. The van der Waals surface area contributed by atoms with E-state index in [1.165, 1.54) is 28.0 Å². The lowest BCUT2D eigenvalue weighted by Crippen LogP contribution is -2.45. The second-order valence-corrected chi connectivity index (χ2v) is 16.4. The number of nitrogens with one attached hydrogen (secondary N) is 5. The second-order valence-electron chi connectivity index (χ2n) is 12.6. The molecule has 1 aromatic heterocycles. The average molecular weight is 786 g/mol. The van der Waals surface area contributed by atoms with E-state index in [1.54, 1.807) is 13.2 Å². The van der Waals surface area contributed by atoms with Crippen molar-refractivity contribution in [3.8, 4) is 0 Å². The number of carbonyl (C=O) groups is 3. The number of carbonyl (C=O) groups excluding carboxylic acids is 3. The topological polar surface area (TPSA) is 150 Å². The van der Waals surface area contributed by atoms with Crippen molar-refractivity contribution < 1.29 is 14.4 Å². The van der Waals surface area contributed by atoms with E-state index in [9.17, 15) is 14.4 Å². The third-order valence-electron chi connectivity index (χ3n) is 6.11. The van der Waals surface area contributed by atoms with Crippen molar-refractivity contribution in [2.75, 3.05) is 45.6 Å². The molecule has 0 radical (unpaired) electrons. The Labute approximate surface area is 321 Å². The van der Waals surface area contributed by atoms with Crippen molar-refractivity contribution in [3.05, 3.63) is 24.4 Å². The summed E-state index contributed by atoms with van der Waals surface area (Å²) in [4.78, 5) is 35.6. The van der Waals surface area contributed by atoms with Crippen LogP contribution in [0.1, 0.15) is 93.9 Å². The van der Waals surface area contributed by atoms with Gasteiger partial charge in [0.05, 0.1) is 12.7 Å². The summed E-state index contributed by atoms with van der Waals surface area (Å²) in [5.41, 5.74) is 5.87. The highest BCUT2D eigenvalue weighted by molar-refractivity contribution is 8.68. The van der Waals surface area contributed by atoms with Crippen LogP contribution in [0.4, 0.5) is 0 Å². The van der Waals surface area contributed by atoms with Crippen molar-refractivity contribution in [1.82, 2.24) is 31.6 Å². The van der Waals surface area contributed by atoms with Gasteiger partial charge in [0.15, 0.2) is 0 Å². The lowest BCUT2D eigenvalue weighted by atomic mass is 10.0. The van der Waals surface area contributed by atoms with Gasteiger partial charge in [-0.15, -0.1) is 32.6 Å². The molecule has 2 amide bonds. The molecule has 49 heavy (non-hydrogen) atoms. The Hall–Kier alpha value is -0.570. The molecular formula is C34H72N7O3PS4. The van der Waals surface area contributed by atoms with Gasteiger partial charge in [-0.2, -0.15) is 0 Å². The summed E-state index contributed by atoms with van der Waals surface area (Å²) in [7, 11) is 7.29. The first-order valence-corrected chi connectivity index (χ1v) is 21.7. The van der Waals surface area contributed by atoms with E-state index in [2.05, 4.69) is 120 Å². The smallest absolute Gasteiger partial charge is 0.237 e. The SMILES string of the molecule is CC(C)CCNC(C)(C)CC=O.CC(P)CCN.CCCNC(CCSS)C(=O)NCCC(C)C.CNCNC=O.SSc1ccccn1. The Kier molecular flexibility index (Phi) is 47.1. The van der Waals surface area contributed by atoms with Crippen molar-refractivity contribution in [2.24, 2.45) is 17.6 Å². The summed E-state index contributed by atoms with van der Waals surface area (Å²) in [5, 5.41) is 15.7. The van der Waals surface area contributed by atoms with Crippen LogP contribution in [0.25, 0.3) is 0 Å². The molecule has 0 saturated carbocycles. The van der Waals surface area contributed by atoms with Crippen LogP contribution >= 0.6 is 54.1 Å². The maximum absolute atomic E-state index is 11.9. The first-order chi connectivity index (χ1) is 23.2. The van der Waals surface area contributed by atoms with Gasteiger partial charge in [-0.3, -0.25) is 9.59 Å². The Balaban J connectivity index is -0.000000276. The Bertz CT molecular complexity index is 839. The summed E-state index contributed by atoms with van der Waals surface area (Å²) in [6, 6.07) is 5.67. The van der Waals surface area contributed by atoms with Crippen molar-refractivity contribution in [2.45, 2.75) is 116 Å². The molecule has 1 aromatic rings. The molecule has 1 heterocycles. The minimum absolute atomic E-state index is 0.0311. The van der Waals surface area contributed by atoms with E-state index < -0.39 is 0 Å². The Morgan fingerprint density at radius 3 is 2.02 bits per heavy atom. The number of aldehydes is 1. The van der Waals surface area contributed by atoms with E-state index in [0.29, 0.717) is 31.1 Å². The van der Waals surface area contributed by atoms with E-state index in [0.717, 1.165) is 74.8 Å². The number of rotatable bonds is 22. The normalized spacial score (nSPS) is 11.6. The fourth-order valence-corrected chi connectivity index (χ4v) is 4.63. The maximum Gasteiger partial charge on any atom is 0.237 e. The number of hydrogen-bond donors (Lipinski definition) is 8. The minimum atomic E-state index is -0.0678. The fourth-order valence-electron chi connectivity index (χ4n) is 3.21. The highest BCUT2D eigenvalue weighted by atomic mass is 33.1. The van der Waals surface area contributed by atoms with Gasteiger partial charge >= 0.3 is 0 Å². The van der Waals surface area contributed by atoms with Gasteiger partial charge in [0.25, 0.3) is 0 Å². The molecule has 0 saturated heterocycles. The number of thiol groups is 2. The van der Waals surface area contributed by atoms with Crippen LogP contribution in [0, 0.1) is 11.8 Å². The molecule has 0 aliphatic heterocycles. The molecule has 290 valence electrons. The largest absolute Gasteiger partial charge is 0.355 e. The molecule has 0 bridgehead atoms. The molecule has 0 spiro atoms. The molecule has 3 atom stereocenters. The lowest BCUT2D eigenvalue weighted by molar-refractivity contribution is -0.123. The van der Waals surface area contributed by atoms with Crippen LogP contribution in [0.15, 0.2) is 29.4 Å². The van der Waals surface area contributed by atoms with Crippen molar-refractivity contribution in [1.29, 1.82) is 0 Å².